The van der Waals surface area contributed by atoms with Crippen molar-refractivity contribution in [3.63, 3.8) is 0 Å². The third-order valence-corrected chi connectivity index (χ3v) is 2.95. The highest BCUT2D eigenvalue weighted by Gasteiger charge is 2.08. The van der Waals surface area contributed by atoms with Crippen LogP contribution in [0.1, 0.15) is 21.5 Å². The summed E-state index contributed by atoms with van der Waals surface area (Å²) in [6.45, 7) is 5.67. The van der Waals surface area contributed by atoms with E-state index < -0.39 is 0 Å². The first-order valence-electron chi connectivity index (χ1n) is 6.31. The largest absolute Gasteiger partial charge is 0.508 e. The zero-order chi connectivity index (χ0) is 15.4. The minimum Gasteiger partial charge on any atom is -0.508 e. The van der Waals surface area contributed by atoms with Gasteiger partial charge in [-0.25, -0.2) is 0 Å². The standard InChI is InChI=1S/C16H16N2O3/c1-10-3-5-12(6-4-10)16(21)18-17-11(2)14-8-7-13(19)9-15(14)20/h3-9,17,19-20H,2H2,1H3,(H,18,21). The molecule has 0 aromatic heterocycles. The van der Waals surface area contributed by atoms with Crippen LogP contribution in [0.4, 0.5) is 0 Å². The predicted octanol–water partition coefficient (Wildman–Crippen LogP) is 2.31. The van der Waals surface area contributed by atoms with Gasteiger partial charge in [-0.15, -0.1) is 0 Å². The summed E-state index contributed by atoms with van der Waals surface area (Å²) in [5.41, 5.74) is 7.41. The topological polar surface area (TPSA) is 81.6 Å². The van der Waals surface area contributed by atoms with Gasteiger partial charge in [0, 0.05) is 17.2 Å². The number of amides is 1. The molecule has 1 amide bonds. The van der Waals surface area contributed by atoms with Gasteiger partial charge < -0.3 is 10.2 Å². The molecule has 0 atom stereocenters. The van der Waals surface area contributed by atoms with Crippen LogP contribution >= 0.6 is 0 Å². The second-order valence-corrected chi connectivity index (χ2v) is 4.63. The molecule has 0 bridgehead atoms. The predicted molar refractivity (Wildman–Crippen MR) is 80.6 cm³/mol. The van der Waals surface area contributed by atoms with Crippen LogP contribution in [-0.2, 0) is 0 Å². The Morgan fingerprint density at radius 2 is 1.71 bits per heavy atom. The Balaban J connectivity index is 2.00. The molecule has 2 aromatic rings. The number of hydrogen-bond acceptors (Lipinski definition) is 4. The fourth-order valence-corrected chi connectivity index (χ4v) is 1.75. The molecule has 0 spiro atoms. The Bertz CT molecular complexity index is 678. The van der Waals surface area contributed by atoms with Gasteiger partial charge in [-0.05, 0) is 31.2 Å². The maximum absolute atomic E-state index is 11.9. The average Bonchev–Trinajstić information content (AvgIpc) is 2.45. The first kappa shape index (κ1) is 14.5. The lowest BCUT2D eigenvalue weighted by atomic mass is 10.1. The molecule has 0 saturated carbocycles. The smallest absolute Gasteiger partial charge is 0.269 e. The summed E-state index contributed by atoms with van der Waals surface area (Å²) < 4.78 is 0. The zero-order valence-corrected chi connectivity index (χ0v) is 11.6. The summed E-state index contributed by atoms with van der Waals surface area (Å²) in [6.07, 6.45) is 0. The van der Waals surface area contributed by atoms with Crippen LogP contribution in [-0.4, -0.2) is 16.1 Å². The molecule has 2 aromatic carbocycles. The van der Waals surface area contributed by atoms with Crippen molar-refractivity contribution in [2.45, 2.75) is 6.92 Å². The molecule has 5 nitrogen and oxygen atoms in total. The maximum atomic E-state index is 11.9. The molecule has 2 rings (SSSR count). The summed E-state index contributed by atoms with van der Waals surface area (Å²) in [5.74, 6) is -0.487. The van der Waals surface area contributed by atoms with Crippen LogP contribution in [0.15, 0.2) is 49.0 Å². The number of phenols is 2. The van der Waals surface area contributed by atoms with Gasteiger partial charge in [0.2, 0.25) is 0 Å². The van der Waals surface area contributed by atoms with Crippen molar-refractivity contribution in [3.05, 3.63) is 65.7 Å². The summed E-state index contributed by atoms with van der Waals surface area (Å²) >= 11 is 0. The van der Waals surface area contributed by atoms with Crippen LogP contribution in [0, 0.1) is 6.92 Å². The Hall–Kier alpha value is -2.95. The molecule has 0 heterocycles. The molecule has 0 aliphatic carbocycles. The Morgan fingerprint density at radius 1 is 1.05 bits per heavy atom. The lowest BCUT2D eigenvalue weighted by Gasteiger charge is -2.12. The lowest BCUT2D eigenvalue weighted by molar-refractivity contribution is 0.0942. The van der Waals surface area contributed by atoms with Crippen LogP contribution < -0.4 is 10.9 Å². The molecule has 21 heavy (non-hydrogen) atoms. The summed E-state index contributed by atoms with van der Waals surface area (Å²) in [4.78, 5) is 11.9. The van der Waals surface area contributed by atoms with Gasteiger partial charge in [0.15, 0.2) is 0 Å². The van der Waals surface area contributed by atoms with E-state index in [0.717, 1.165) is 5.56 Å². The van der Waals surface area contributed by atoms with E-state index in [2.05, 4.69) is 17.4 Å². The second-order valence-electron chi connectivity index (χ2n) is 4.63. The van der Waals surface area contributed by atoms with Gasteiger partial charge in [-0.3, -0.25) is 15.6 Å². The zero-order valence-electron chi connectivity index (χ0n) is 11.6. The van der Waals surface area contributed by atoms with Gasteiger partial charge in [0.05, 0.1) is 5.70 Å². The molecule has 108 valence electrons. The number of carbonyl (C=O) groups excluding carboxylic acids is 1. The fourth-order valence-electron chi connectivity index (χ4n) is 1.75. The first-order valence-corrected chi connectivity index (χ1v) is 6.31. The Kier molecular flexibility index (Phi) is 4.13. The highest BCUT2D eigenvalue weighted by molar-refractivity contribution is 5.94. The molecule has 0 fully saturated rings. The minimum absolute atomic E-state index is 0.0484. The Labute approximate surface area is 122 Å². The maximum Gasteiger partial charge on any atom is 0.269 e. The van der Waals surface area contributed by atoms with Crippen molar-refractivity contribution in [3.8, 4) is 11.5 Å². The molecule has 0 unspecified atom stereocenters. The van der Waals surface area contributed by atoms with Crippen molar-refractivity contribution in [2.24, 2.45) is 0 Å². The van der Waals surface area contributed by atoms with E-state index in [1.54, 1.807) is 12.1 Å². The molecular formula is C16H16N2O3. The number of phenolic OH excluding ortho intramolecular Hbond substituents is 2. The SMILES string of the molecule is C=C(NNC(=O)c1ccc(C)cc1)c1ccc(O)cc1O. The van der Waals surface area contributed by atoms with Gasteiger partial charge in [-0.2, -0.15) is 0 Å². The summed E-state index contributed by atoms with van der Waals surface area (Å²) in [7, 11) is 0. The van der Waals surface area contributed by atoms with Crippen molar-refractivity contribution in [1.29, 1.82) is 0 Å². The number of aromatic hydroxyl groups is 2. The van der Waals surface area contributed by atoms with E-state index in [1.807, 2.05) is 19.1 Å². The van der Waals surface area contributed by atoms with Crippen LogP contribution in [0.25, 0.3) is 5.70 Å². The van der Waals surface area contributed by atoms with Crippen molar-refractivity contribution in [1.82, 2.24) is 10.9 Å². The molecule has 0 radical (unpaired) electrons. The molecule has 4 N–H and O–H groups in total. The second kappa shape index (κ2) is 6.00. The number of hydrazine groups is 1. The number of benzene rings is 2. The van der Waals surface area contributed by atoms with Gasteiger partial charge >= 0.3 is 0 Å². The third kappa shape index (κ3) is 3.54. The number of rotatable bonds is 4. The number of hydrogen-bond donors (Lipinski definition) is 4. The van der Waals surface area contributed by atoms with Gasteiger partial charge in [0.1, 0.15) is 11.5 Å². The molecule has 5 heteroatoms. The highest BCUT2D eigenvalue weighted by atomic mass is 16.3. The van der Waals surface area contributed by atoms with E-state index in [4.69, 9.17) is 0 Å². The van der Waals surface area contributed by atoms with Crippen LogP contribution in [0.5, 0.6) is 11.5 Å². The average molecular weight is 284 g/mol. The number of aryl methyl sites for hydroxylation is 1. The van der Waals surface area contributed by atoms with E-state index in [-0.39, 0.29) is 17.4 Å². The van der Waals surface area contributed by atoms with Gasteiger partial charge in [0.25, 0.3) is 5.91 Å². The van der Waals surface area contributed by atoms with Crippen LogP contribution in [0.3, 0.4) is 0 Å². The van der Waals surface area contributed by atoms with E-state index >= 15 is 0 Å². The molecule has 0 saturated heterocycles. The quantitative estimate of drug-likeness (QED) is 0.649. The molecular weight excluding hydrogens is 268 g/mol. The molecule has 0 aliphatic rings. The van der Waals surface area contributed by atoms with E-state index in [9.17, 15) is 15.0 Å². The van der Waals surface area contributed by atoms with Gasteiger partial charge in [-0.1, -0.05) is 24.3 Å². The van der Waals surface area contributed by atoms with Crippen LogP contribution in [0.2, 0.25) is 0 Å². The van der Waals surface area contributed by atoms with Crippen molar-refractivity contribution >= 4 is 11.6 Å². The first-order chi connectivity index (χ1) is 9.97. The van der Waals surface area contributed by atoms with E-state index in [0.29, 0.717) is 16.8 Å². The monoisotopic (exact) mass is 284 g/mol. The lowest BCUT2D eigenvalue weighted by Crippen LogP contribution is -2.35. The summed E-state index contributed by atoms with van der Waals surface area (Å²) in [6, 6.07) is 11.2. The summed E-state index contributed by atoms with van der Waals surface area (Å²) in [5, 5.41) is 18.9. The normalized spacial score (nSPS) is 9.95. The van der Waals surface area contributed by atoms with Crippen molar-refractivity contribution < 1.29 is 15.0 Å². The fraction of sp³-hybridized carbons (Fsp3) is 0.0625. The third-order valence-electron chi connectivity index (χ3n) is 2.95. The minimum atomic E-state index is -0.311. The van der Waals surface area contributed by atoms with Crippen molar-refractivity contribution in [2.75, 3.05) is 0 Å². The highest BCUT2D eigenvalue weighted by Crippen LogP contribution is 2.26. The van der Waals surface area contributed by atoms with E-state index in [1.165, 1.54) is 18.2 Å². The Morgan fingerprint density at radius 3 is 2.33 bits per heavy atom. The number of carbonyl (C=O) groups is 1. The number of nitrogens with one attached hydrogen (secondary N) is 2. The molecule has 0 aliphatic heterocycles.